The fourth-order valence-corrected chi connectivity index (χ4v) is 2.97. The zero-order valence-electron chi connectivity index (χ0n) is 11.3. The highest BCUT2D eigenvalue weighted by molar-refractivity contribution is 5.34. The third-order valence-electron chi connectivity index (χ3n) is 4.25. The smallest absolute Gasteiger partial charge is 0.0991 e. The number of hydrogen-bond donors (Lipinski definition) is 1. The zero-order valence-corrected chi connectivity index (χ0v) is 11.3. The molecule has 1 heterocycles. The summed E-state index contributed by atoms with van der Waals surface area (Å²) in [5, 5.41) is 12.5. The van der Waals surface area contributed by atoms with Gasteiger partial charge in [0.05, 0.1) is 11.6 Å². The average molecular weight is 255 g/mol. The monoisotopic (exact) mass is 255 g/mol. The molecule has 1 atom stereocenters. The minimum atomic E-state index is 0.503. The number of hydrogen-bond acceptors (Lipinski definition) is 3. The number of nitrogens with one attached hydrogen (secondary N) is 1. The molecule has 3 nitrogen and oxygen atoms in total. The van der Waals surface area contributed by atoms with Gasteiger partial charge < -0.3 is 5.32 Å². The molecular formula is C16H21N3. The van der Waals surface area contributed by atoms with E-state index < -0.39 is 0 Å². The summed E-state index contributed by atoms with van der Waals surface area (Å²) in [6.45, 7) is 4.40. The van der Waals surface area contributed by atoms with Crippen molar-refractivity contribution >= 4 is 0 Å². The second-order valence-corrected chi connectivity index (χ2v) is 5.72. The second kappa shape index (κ2) is 5.73. The summed E-state index contributed by atoms with van der Waals surface area (Å²) in [5.74, 6) is 0.908. The van der Waals surface area contributed by atoms with Crippen molar-refractivity contribution in [1.29, 1.82) is 5.26 Å². The fraction of sp³-hybridized carbons (Fsp3) is 0.562. The molecule has 3 rings (SSSR count). The van der Waals surface area contributed by atoms with Crippen LogP contribution in [-0.4, -0.2) is 31.1 Å². The molecule has 0 spiro atoms. The van der Waals surface area contributed by atoms with E-state index in [0.717, 1.165) is 37.7 Å². The molecule has 3 heteroatoms. The van der Waals surface area contributed by atoms with E-state index in [1.807, 2.05) is 12.1 Å². The van der Waals surface area contributed by atoms with Gasteiger partial charge in [0.25, 0.3) is 0 Å². The molecule has 1 N–H and O–H groups in total. The van der Waals surface area contributed by atoms with Gasteiger partial charge in [-0.25, -0.2) is 0 Å². The van der Waals surface area contributed by atoms with Gasteiger partial charge in [-0.15, -0.1) is 0 Å². The number of nitriles is 1. The van der Waals surface area contributed by atoms with Gasteiger partial charge in [-0.1, -0.05) is 25.0 Å². The average Bonchev–Trinajstić information content (AvgIpc) is 3.30. The van der Waals surface area contributed by atoms with Crippen molar-refractivity contribution in [2.45, 2.75) is 25.3 Å². The Labute approximate surface area is 115 Å². The van der Waals surface area contributed by atoms with Gasteiger partial charge in [-0.3, -0.25) is 4.90 Å². The molecule has 2 aliphatic rings. The molecule has 19 heavy (non-hydrogen) atoms. The van der Waals surface area contributed by atoms with E-state index in [1.54, 1.807) is 0 Å². The summed E-state index contributed by atoms with van der Waals surface area (Å²) in [6.07, 6.45) is 4.04. The first-order valence-electron chi connectivity index (χ1n) is 7.31. The predicted molar refractivity (Wildman–Crippen MR) is 75.7 cm³/mol. The number of nitrogens with zero attached hydrogens (tertiary/aromatic N) is 2. The number of benzene rings is 1. The van der Waals surface area contributed by atoms with Crippen LogP contribution in [0.25, 0.3) is 0 Å². The van der Waals surface area contributed by atoms with Crippen molar-refractivity contribution in [3.63, 3.8) is 0 Å². The van der Waals surface area contributed by atoms with Crippen LogP contribution in [0.3, 0.4) is 0 Å². The molecule has 1 saturated heterocycles. The molecule has 0 unspecified atom stereocenters. The largest absolute Gasteiger partial charge is 0.314 e. The molecule has 0 amide bonds. The molecule has 1 aromatic rings. The van der Waals surface area contributed by atoms with Gasteiger partial charge in [-0.05, 0) is 30.0 Å². The molecule has 2 fully saturated rings. The molecule has 1 aliphatic carbocycles. The first-order chi connectivity index (χ1) is 9.36. The van der Waals surface area contributed by atoms with Crippen molar-refractivity contribution in [3.8, 4) is 6.07 Å². The van der Waals surface area contributed by atoms with E-state index in [4.69, 9.17) is 5.26 Å². The van der Waals surface area contributed by atoms with Crippen molar-refractivity contribution in [2.24, 2.45) is 5.92 Å². The maximum atomic E-state index is 9.07. The van der Waals surface area contributed by atoms with Gasteiger partial charge in [0.2, 0.25) is 0 Å². The molecule has 0 aromatic heterocycles. The molecule has 1 saturated carbocycles. The fourth-order valence-electron chi connectivity index (χ4n) is 2.97. The number of piperazine rings is 1. The van der Waals surface area contributed by atoms with E-state index in [-0.39, 0.29) is 0 Å². The highest BCUT2D eigenvalue weighted by atomic mass is 15.2. The Balaban J connectivity index is 1.81. The maximum absolute atomic E-state index is 9.07. The highest BCUT2D eigenvalue weighted by Crippen LogP contribution is 2.40. The van der Waals surface area contributed by atoms with E-state index in [2.05, 4.69) is 28.4 Å². The Morgan fingerprint density at radius 3 is 2.79 bits per heavy atom. The Bertz CT molecular complexity index is 467. The van der Waals surface area contributed by atoms with Gasteiger partial charge in [0, 0.05) is 32.2 Å². The maximum Gasteiger partial charge on any atom is 0.0991 e. The van der Waals surface area contributed by atoms with E-state index in [9.17, 15) is 0 Å². The lowest BCUT2D eigenvalue weighted by atomic mass is 9.97. The predicted octanol–water partition coefficient (Wildman–Crippen LogP) is 2.30. The molecule has 0 radical (unpaired) electrons. The lowest BCUT2D eigenvalue weighted by molar-refractivity contribution is 0.160. The quantitative estimate of drug-likeness (QED) is 0.897. The minimum Gasteiger partial charge on any atom is -0.314 e. The standard InChI is InChI=1S/C16H21N3/c17-12-14-2-1-3-15(10-14)16(11-13-4-5-13)19-8-6-18-7-9-19/h1-3,10,13,16,18H,4-9,11H2/t16-/m0/s1. The normalized spacial score (nSPS) is 21.8. The lowest BCUT2D eigenvalue weighted by Crippen LogP contribution is -2.45. The molecule has 100 valence electrons. The van der Waals surface area contributed by atoms with Crippen molar-refractivity contribution in [3.05, 3.63) is 35.4 Å². The van der Waals surface area contributed by atoms with Crippen molar-refractivity contribution in [2.75, 3.05) is 26.2 Å². The highest BCUT2D eigenvalue weighted by Gasteiger charge is 2.30. The van der Waals surface area contributed by atoms with Crippen LogP contribution in [0.1, 0.15) is 36.4 Å². The third-order valence-corrected chi connectivity index (χ3v) is 4.25. The van der Waals surface area contributed by atoms with Crippen LogP contribution in [0.4, 0.5) is 0 Å². The van der Waals surface area contributed by atoms with E-state index in [1.165, 1.54) is 24.8 Å². The molecule has 1 aromatic carbocycles. The summed E-state index contributed by atoms with van der Waals surface area (Å²) < 4.78 is 0. The van der Waals surface area contributed by atoms with Crippen molar-refractivity contribution in [1.82, 2.24) is 10.2 Å². The Kier molecular flexibility index (Phi) is 3.82. The Morgan fingerprint density at radius 1 is 1.32 bits per heavy atom. The topological polar surface area (TPSA) is 39.1 Å². The van der Waals surface area contributed by atoms with Crippen LogP contribution >= 0.6 is 0 Å². The van der Waals surface area contributed by atoms with E-state index in [0.29, 0.717) is 6.04 Å². The summed E-state index contributed by atoms with van der Waals surface area (Å²) in [6, 6.07) is 11.0. The summed E-state index contributed by atoms with van der Waals surface area (Å²) in [5.41, 5.74) is 2.11. The lowest BCUT2D eigenvalue weighted by Gasteiger charge is -2.35. The first kappa shape index (κ1) is 12.7. The van der Waals surface area contributed by atoms with Crippen LogP contribution in [-0.2, 0) is 0 Å². The third kappa shape index (κ3) is 3.15. The molecule has 0 bridgehead atoms. The minimum absolute atomic E-state index is 0.503. The summed E-state index contributed by atoms with van der Waals surface area (Å²) in [4.78, 5) is 2.59. The SMILES string of the molecule is N#Cc1cccc([C@H](CC2CC2)N2CCNCC2)c1. The Morgan fingerprint density at radius 2 is 2.11 bits per heavy atom. The molecular weight excluding hydrogens is 234 g/mol. The van der Waals surface area contributed by atoms with Gasteiger partial charge in [-0.2, -0.15) is 5.26 Å². The van der Waals surface area contributed by atoms with Crippen LogP contribution < -0.4 is 5.32 Å². The summed E-state index contributed by atoms with van der Waals surface area (Å²) in [7, 11) is 0. The van der Waals surface area contributed by atoms with Crippen LogP contribution in [0.5, 0.6) is 0 Å². The zero-order chi connectivity index (χ0) is 13.1. The second-order valence-electron chi connectivity index (χ2n) is 5.72. The van der Waals surface area contributed by atoms with Crippen LogP contribution in [0.15, 0.2) is 24.3 Å². The molecule has 1 aliphatic heterocycles. The van der Waals surface area contributed by atoms with Gasteiger partial charge in [0.15, 0.2) is 0 Å². The Hall–Kier alpha value is -1.37. The van der Waals surface area contributed by atoms with Crippen molar-refractivity contribution < 1.29 is 0 Å². The van der Waals surface area contributed by atoms with Gasteiger partial charge in [0.1, 0.15) is 0 Å². The van der Waals surface area contributed by atoms with E-state index >= 15 is 0 Å². The number of rotatable bonds is 4. The van der Waals surface area contributed by atoms with Gasteiger partial charge >= 0.3 is 0 Å². The van der Waals surface area contributed by atoms with Crippen LogP contribution in [0, 0.1) is 17.2 Å². The first-order valence-corrected chi connectivity index (χ1v) is 7.31. The summed E-state index contributed by atoms with van der Waals surface area (Å²) >= 11 is 0. The van der Waals surface area contributed by atoms with Crippen LogP contribution in [0.2, 0.25) is 0 Å².